The molecule has 1 aliphatic carbocycles. The zero-order chi connectivity index (χ0) is 15.4. The van der Waals surface area contributed by atoms with Crippen molar-refractivity contribution >= 4 is 15.9 Å². The second-order valence-electron chi connectivity index (χ2n) is 5.79. The van der Waals surface area contributed by atoms with E-state index in [0.29, 0.717) is 5.92 Å². The third-order valence-corrected chi connectivity index (χ3v) is 5.00. The maximum absolute atomic E-state index is 14.0. The highest BCUT2D eigenvalue weighted by atomic mass is 79.9. The van der Waals surface area contributed by atoms with Gasteiger partial charge >= 0.3 is 0 Å². The van der Waals surface area contributed by atoms with Crippen molar-refractivity contribution in [2.75, 3.05) is 7.11 Å². The largest absolute Gasteiger partial charge is 0.380 e. The number of hydrogen-bond acceptors (Lipinski definition) is 2. The van der Waals surface area contributed by atoms with Crippen molar-refractivity contribution in [3.8, 4) is 0 Å². The van der Waals surface area contributed by atoms with Gasteiger partial charge in [-0.25, -0.2) is 8.78 Å². The van der Waals surface area contributed by atoms with Gasteiger partial charge in [0.05, 0.1) is 10.6 Å². The first-order valence-corrected chi connectivity index (χ1v) is 8.24. The van der Waals surface area contributed by atoms with Crippen molar-refractivity contribution < 1.29 is 13.5 Å². The summed E-state index contributed by atoms with van der Waals surface area (Å²) < 4.78 is 33.7. The minimum absolute atomic E-state index is 0.0368. The third kappa shape index (κ3) is 4.02. The van der Waals surface area contributed by atoms with Crippen LogP contribution < -0.4 is 5.73 Å². The van der Waals surface area contributed by atoms with E-state index >= 15 is 0 Å². The lowest BCUT2D eigenvalue weighted by Gasteiger charge is -2.33. The van der Waals surface area contributed by atoms with Gasteiger partial charge in [-0.05, 0) is 53.2 Å². The van der Waals surface area contributed by atoms with E-state index in [-0.39, 0.29) is 22.6 Å². The predicted octanol–water partition coefficient (Wildman–Crippen LogP) is 4.19. The molecule has 0 aliphatic heterocycles. The van der Waals surface area contributed by atoms with Crippen molar-refractivity contribution in [3.63, 3.8) is 0 Å². The molecule has 118 valence electrons. The zero-order valence-electron chi connectivity index (χ0n) is 12.2. The summed E-state index contributed by atoms with van der Waals surface area (Å²) >= 11 is 3.09. The number of methoxy groups -OCH3 is 1. The minimum atomic E-state index is -0.566. The Labute approximate surface area is 133 Å². The molecule has 1 aromatic rings. The van der Waals surface area contributed by atoms with E-state index in [1.54, 1.807) is 7.11 Å². The van der Waals surface area contributed by atoms with Crippen LogP contribution in [0, 0.1) is 17.6 Å². The fraction of sp³-hybridized carbons (Fsp3) is 0.625. The molecule has 5 heteroatoms. The summed E-state index contributed by atoms with van der Waals surface area (Å²) in [5.41, 5.74) is 6.24. The van der Waals surface area contributed by atoms with Crippen molar-refractivity contribution in [3.05, 3.63) is 33.8 Å². The van der Waals surface area contributed by atoms with Crippen LogP contribution in [0.3, 0.4) is 0 Å². The van der Waals surface area contributed by atoms with Crippen molar-refractivity contribution in [1.82, 2.24) is 0 Å². The van der Waals surface area contributed by atoms with E-state index in [1.165, 1.54) is 31.4 Å². The van der Waals surface area contributed by atoms with Crippen molar-refractivity contribution in [2.45, 2.75) is 50.7 Å². The summed E-state index contributed by atoms with van der Waals surface area (Å²) in [5, 5.41) is 0. The monoisotopic (exact) mass is 361 g/mol. The van der Waals surface area contributed by atoms with E-state index in [1.807, 2.05) is 0 Å². The summed E-state index contributed by atoms with van der Waals surface area (Å²) in [6.45, 7) is 0. The van der Waals surface area contributed by atoms with Gasteiger partial charge in [0, 0.05) is 18.7 Å². The first-order valence-electron chi connectivity index (χ1n) is 7.45. The number of benzene rings is 1. The first-order chi connectivity index (χ1) is 10.0. The Hall–Kier alpha value is -0.520. The van der Waals surface area contributed by atoms with Crippen LogP contribution in [0.4, 0.5) is 8.78 Å². The van der Waals surface area contributed by atoms with Gasteiger partial charge < -0.3 is 10.5 Å². The van der Waals surface area contributed by atoms with E-state index in [0.717, 1.165) is 12.8 Å². The predicted molar refractivity (Wildman–Crippen MR) is 83.1 cm³/mol. The van der Waals surface area contributed by atoms with Crippen LogP contribution in [0.1, 0.15) is 37.7 Å². The molecule has 1 aromatic carbocycles. The van der Waals surface area contributed by atoms with Gasteiger partial charge in [-0.1, -0.05) is 19.3 Å². The summed E-state index contributed by atoms with van der Waals surface area (Å²) in [5.74, 6) is -0.731. The second-order valence-corrected chi connectivity index (χ2v) is 6.64. The summed E-state index contributed by atoms with van der Waals surface area (Å²) in [7, 11) is 1.63. The van der Waals surface area contributed by atoms with Crippen LogP contribution in [0.25, 0.3) is 0 Å². The van der Waals surface area contributed by atoms with Gasteiger partial charge in [-0.15, -0.1) is 0 Å². The summed E-state index contributed by atoms with van der Waals surface area (Å²) in [6, 6.07) is 2.23. The van der Waals surface area contributed by atoms with Gasteiger partial charge in [-0.3, -0.25) is 0 Å². The van der Waals surface area contributed by atoms with E-state index in [9.17, 15) is 8.78 Å². The van der Waals surface area contributed by atoms with Gasteiger partial charge in [0.1, 0.15) is 11.6 Å². The van der Waals surface area contributed by atoms with Crippen LogP contribution >= 0.6 is 15.9 Å². The van der Waals surface area contributed by atoms with Crippen LogP contribution in [0.15, 0.2) is 16.6 Å². The lowest BCUT2D eigenvalue weighted by atomic mass is 9.81. The highest BCUT2D eigenvalue weighted by Crippen LogP contribution is 2.30. The Morgan fingerprint density at radius 1 is 1.29 bits per heavy atom. The average molecular weight is 362 g/mol. The highest BCUT2D eigenvalue weighted by Gasteiger charge is 2.30. The first kappa shape index (κ1) is 16.8. The molecule has 2 unspecified atom stereocenters. The molecule has 21 heavy (non-hydrogen) atoms. The number of rotatable bonds is 5. The number of ether oxygens (including phenoxy) is 1. The smallest absolute Gasteiger partial charge is 0.143 e. The molecule has 2 N–H and O–H groups in total. The molecule has 0 saturated heterocycles. The summed E-state index contributed by atoms with van der Waals surface area (Å²) in [6.07, 6.45) is 5.76. The molecule has 2 nitrogen and oxygen atoms in total. The average Bonchev–Trinajstić information content (AvgIpc) is 2.49. The molecular weight excluding hydrogens is 340 g/mol. The third-order valence-electron chi connectivity index (χ3n) is 4.39. The molecule has 1 aliphatic rings. The normalized spacial score (nSPS) is 19.5. The zero-order valence-corrected chi connectivity index (χ0v) is 13.8. The Bertz CT molecular complexity index is 478. The van der Waals surface area contributed by atoms with Gasteiger partial charge in [0.15, 0.2) is 0 Å². The Kier molecular flexibility index (Phi) is 6.14. The van der Waals surface area contributed by atoms with Crippen molar-refractivity contribution in [1.29, 1.82) is 0 Å². The molecule has 0 radical (unpaired) electrons. The van der Waals surface area contributed by atoms with Crippen LogP contribution in [0.2, 0.25) is 0 Å². The molecule has 2 atom stereocenters. The Balaban J connectivity index is 2.12. The fourth-order valence-corrected chi connectivity index (χ4v) is 3.66. The Morgan fingerprint density at radius 2 is 1.95 bits per heavy atom. The summed E-state index contributed by atoms with van der Waals surface area (Å²) in [4.78, 5) is 0. The maximum Gasteiger partial charge on any atom is 0.143 e. The molecule has 0 heterocycles. The minimum Gasteiger partial charge on any atom is -0.380 e. The number of hydrogen-bond donors (Lipinski definition) is 1. The van der Waals surface area contributed by atoms with E-state index in [4.69, 9.17) is 10.5 Å². The molecule has 0 amide bonds. The Morgan fingerprint density at radius 3 is 2.57 bits per heavy atom. The number of nitrogens with two attached hydrogens (primary N) is 1. The fourth-order valence-electron chi connectivity index (χ4n) is 3.29. The number of halogens is 3. The quantitative estimate of drug-likeness (QED) is 0.797. The standard InChI is InChI=1S/C16H22BrF2NO/c1-21-16(10-5-3-2-4-6-10)14(20)9-11-13(18)8-7-12(17)15(11)19/h7-8,10,14,16H,2-6,9,20H2,1H3. The molecule has 0 aromatic heterocycles. The lowest BCUT2D eigenvalue weighted by molar-refractivity contribution is 0.0175. The highest BCUT2D eigenvalue weighted by molar-refractivity contribution is 9.10. The lowest BCUT2D eigenvalue weighted by Crippen LogP contribution is -2.44. The maximum atomic E-state index is 14.0. The van der Waals surface area contributed by atoms with Gasteiger partial charge in [0.2, 0.25) is 0 Å². The van der Waals surface area contributed by atoms with Crippen molar-refractivity contribution in [2.24, 2.45) is 11.7 Å². The van der Waals surface area contributed by atoms with Crippen LogP contribution in [-0.2, 0) is 11.2 Å². The SMILES string of the molecule is COC(C(N)Cc1c(F)ccc(Br)c1F)C1CCCCC1. The second kappa shape index (κ2) is 7.65. The van der Waals surface area contributed by atoms with Crippen LogP contribution in [0.5, 0.6) is 0 Å². The van der Waals surface area contributed by atoms with E-state index < -0.39 is 17.7 Å². The molecule has 0 bridgehead atoms. The van der Waals surface area contributed by atoms with E-state index in [2.05, 4.69) is 15.9 Å². The molecule has 2 rings (SSSR count). The molecular formula is C16H22BrF2NO. The molecule has 0 spiro atoms. The molecule has 1 fully saturated rings. The van der Waals surface area contributed by atoms with Gasteiger partial charge in [0.25, 0.3) is 0 Å². The van der Waals surface area contributed by atoms with Gasteiger partial charge in [-0.2, -0.15) is 0 Å². The van der Waals surface area contributed by atoms with Crippen LogP contribution in [-0.4, -0.2) is 19.3 Å². The topological polar surface area (TPSA) is 35.2 Å². The molecule has 1 saturated carbocycles.